The van der Waals surface area contributed by atoms with Gasteiger partial charge in [-0.1, -0.05) is 11.8 Å². The van der Waals surface area contributed by atoms with Crippen LogP contribution in [-0.2, 0) is 23.8 Å². The van der Waals surface area contributed by atoms with E-state index in [9.17, 15) is 18.0 Å². The van der Waals surface area contributed by atoms with Crippen LogP contribution in [0, 0.1) is 0 Å². The summed E-state index contributed by atoms with van der Waals surface area (Å²) in [5, 5.41) is 15.6. The van der Waals surface area contributed by atoms with Gasteiger partial charge in [-0.15, -0.1) is 10.2 Å². The monoisotopic (exact) mass is 387 g/mol. The number of thioether (sulfide) groups is 1. The molecule has 6 nitrogen and oxygen atoms in total. The number of ether oxygens (including phenoxy) is 1. The Morgan fingerprint density at radius 1 is 1.27 bits per heavy atom. The van der Waals surface area contributed by atoms with Crippen LogP contribution in [0.3, 0.4) is 0 Å². The molecule has 0 unspecified atom stereocenters. The molecule has 0 spiro atoms. The number of aliphatic carboxylic acids is 1. The highest BCUT2D eigenvalue weighted by Gasteiger charge is 2.40. The molecule has 0 amide bonds. The van der Waals surface area contributed by atoms with E-state index < -0.39 is 23.7 Å². The lowest BCUT2D eigenvalue weighted by atomic mass is 9.89. The summed E-state index contributed by atoms with van der Waals surface area (Å²) in [4.78, 5) is 10.8. The predicted molar refractivity (Wildman–Crippen MR) is 87.9 cm³/mol. The predicted octanol–water partition coefficient (Wildman–Crippen LogP) is 3.35. The first-order valence-electron chi connectivity index (χ1n) is 7.89. The molecule has 1 heterocycles. The molecule has 1 aliphatic carbocycles. The third-order valence-electron chi connectivity index (χ3n) is 4.14. The lowest BCUT2D eigenvalue weighted by molar-refractivity contribution is -0.146. The Balaban J connectivity index is 2.19. The molecular weight excluding hydrogens is 371 g/mol. The minimum absolute atomic E-state index is 0.0994. The number of aromatic nitrogens is 3. The van der Waals surface area contributed by atoms with Crippen LogP contribution < -0.4 is 4.74 Å². The van der Waals surface area contributed by atoms with Crippen LogP contribution in [-0.4, -0.2) is 38.7 Å². The summed E-state index contributed by atoms with van der Waals surface area (Å²) in [6, 6.07) is 3.18. The fourth-order valence-corrected chi connectivity index (χ4v) is 3.77. The molecule has 0 saturated carbocycles. The zero-order valence-corrected chi connectivity index (χ0v) is 14.7. The molecule has 26 heavy (non-hydrogen) atoms. The average molecular weight is 387 g/mol. The number of benzene rings is 1. The van der Waals surface area contributed by atoms with E-state index in [0.29, 0.717) is 36.0 Å². The maximum atomic E-state index is 13.5. The van der Waals surface area contributed by atoms with Crippen molar-refractivity contribution in [2.24, 2.45) is 0 Å². The number of carboxylic acid groups (broad SMARTS) is 1. The largest absolute Gasteiger partial charge is 0.496 e. The molecular formula is C16H16F3N3O3S. The van der Waals surface area contributed by atoms with Gasteiger partial charge in [-0.05, 0) is 48.9 Å². The number of carboxylic acids is 1. The number of carbonyl (C=O) groups is 1. The van der Waals surface area contributed by atoms with Crippen molar-refractivity contribution >= 4 is 17.7 Å². The summed E-state index contributed by atoms with van der Waals surface area (Å²) in [7, 11) is 1.53. The van der Waals surface area contributed by atoms with Crippen LogP contribution in [0.4, 0.5) is 13.2 Å². The fraction of sp³-hybridized carbons (Fsp3) is 0.438. The normalized spacial score (nSPS) is 14.2. The number of alkyl halides is 3. The maximum absolute atomic E-state index is 13.5. The summed E-state index contributed by atoms with van der Waals surface area (Å²) in [6.07, 6.45) is -1.60. The van der Waals surface area contributed by atoms with Gasteiger partial charge >= 0.3 is 12.1 Å². The lowest BCUT2D eigenvalue weighted by Crippen LogP contribution is -2.17. The van der Waals surface area contributed by atoms with Crippen molar-refractivity contribution in [2.45, 2.75) is 37.0 Å². The van der Waals surface area contributed by atoms with Crippen molar-refractivity contribution in [1.29, 1.82) is 0 Å². The van der Waals surface area contributed by atoms with E-state index in [2.05, 4.69) is 10.2 Å². The van der Waals surface area contributed by atoms with Crippen molar-refractivity contribution in [2.75, 3.05) is 12.9 Å². The molecule has 1 N–H and O–H groups in total. The van der Waals surface area contributed by atoms with Gasteiger partial charge in [0, 0.05) is 0 Å². The molecule has 3 rings (SSSR count). The Kier molecular flexibility index (Phi) is 5.12. The number of fused-ring (bicyclic) bond motifs is 1. The second-order valence-corrected chi connectivity index (χ2v) is 6.72. The molecule has 0 fully saturated rings. The van der Waals surface area contributed by atoms with Gasteiger partial charge in [0.05, 0.1) is 18.6 Å². The SMILES string of the molecule is COc1ccc(-n2c(SCC(=O)O)nnc2C(F)(F)F)c2c1CCCC2. The van der Waals surface area contributed by atoms with E-state index in [1.165, 1.54) is 7.11 Å². The van der Waals surface area contributed by atoms with Crippen LogP contribution >= 0.6 is 11.8 Å². The molecule has 0 atom stereocenters. The van der Waals surface area contributed by atoms with Crippen LogP contribution in [0.25, 0.3) is 5.69 Å². The van der Waals surface area contributed by atoms with E-state index in [1.807, 2.05) is 0 Å². The van der Waals surface area contributed by atoms with Gasteiger partial charge in [0.15, 0.2) is 5.16 Å². The van der Waals surface area contributed by atoms with E-state index in [4.69, 9.17) is 9.84 Å². The molecule has 0 radical (unpaired) electrons. The second kappa shape index (κ2) is 7.18. The Morgan fingerprint density at radius 3 is 2.58 bits per heavy atom. The Morgan fingerprint density at radius 2 is 1.96 bits per heavy atom. The lowest BCUT2D eigenvalue weighted by Gasteiger charge is -2.23. The minimum atomic E-state index is -4.71. The number of hydrogen-bond acceptors (Lipinski definition) is 5. The molecule has 2 aromatic rings. The molecule has 0 aliphatic heterocycles. The fourth-order valence-electron chi connectivity index (χ4n) is 3.11. The number of hydrogen-bond donors (Lipinski definition) is 1. The van der Waals surface area contributed by atoms with Gasteiger partial charge in [-0.25, -0.2) is 0 Å². The molecule has 10 heteroatoms. The molecule has 1 aliphatic rings. The molecule has 1 aromatic heterocycles. The molecule has 0 saturated heterocycles. The number of nitrogens with zero attached hydrogens (tertiary/aromatic N) is 3. The van der Waals surface area contributed by atoms with E-state index in [-0.39, 0.29) is 5.16 Å². The van der Waals surface area contributed by atoms with Crippen LogP contribution in [0.2, 0.25) is 0 Å². The second-order valence-electron chi connectivity index (χ2n) is 5.77. The summed E-state index contributed by atoms with van der Waals surface area (Å²) < 4.78 is 46.6. The first-order valence-corrected chi connectivity index (χ1v) is 8.87. The number of methoxy groups -OCH3 is 1. The quantitative estimate of drug-likeness (QED) is 0.793. The smallest absolute Gasteiger partial charge is 0.452 e. The zero-order chi connectivity index (χ0) is 18.9. The summed E-state index contributed by atoms with van der Waals surface area (Å²) in [5.41, 5.74) is 1.97. The van der Waals surface area contributed by atoms with Gasteiger partial charge in [-0.3, -0.25) is 9.36 Å². The van der Waals surface area contributed by atoms with Crippen molar-refractivity contribution in [3.05, 3.63) is 29.1 Å². The van der Waals surface area contributed by atoms with Crippen molar-refractivity contribution in [3.8, 4) is 11.4 Å². The standard InChI is InChI=1S/C16H16F3N3O3S/c1-25-12-7-6-11(9-4-2-3-5-10(9)12)22-14(16(17,18)19)20-21-15(22)26-8-13(23)24/h6-7H,2-5,8H2,1H3,(H,23,24). The van der Waals surface area contributed by atoms with Gasteiger partial charge in [-0.2, -0.15) is 13.2 Å². The van der Waals surface area contributed by atoms with E-state index >= 15 is 0 Å². The topological polar surface area (TPSA) is 77.2 Å². The van der Waals surface area contributed by atoms with E-state index in [0.717, 1.165) is 28.5 Å². The van der Waals surface area contributed by atoms with Gasteiger partial charge in [0.25, 0.3) is 0 Å². The zero-order valence-electron chi connectivity index (χ0n) is 13.8. The average Bonchev–Trinajstić information content (AvgIpc) is 3.03. The molecule has 0 bridgehead atoms. The summed E-state index contributed by atoms with van der Waals surface area (Å²) >= 11 is 0.706. The van der Waals surface area contributed by atoms with Crippen molar-refractivity contribution in [3.63, 3.8) is 0 Å². The van der Waals surface area contributed by atoms with Gasteiger partial charge in [0.1, 0.15) is 5.75 Å². The highest BCUT2D eigenvalue weighted by atomic mass is 32.2. The minimum Gasteiger partial charge on any atom is -0.496 e. The Hall–Kier alpha value is -2.23. The van der Waals surface area contributed by atoms with Crippen LogP contribution in [0.5, 0.6) is 5.75 Å². The Labute approximate surface area is 151 Å². The van der Waals surface area contributed by atoms with Crippen molar-refractivity contribution < 1.29 is 27.8 Å². The van der Waals surface area contributed by atoms with Crippen LogP contribution in [0.15, 0.2) is 17.3 Å². The molecule has 140 valence electrons. The van der Waals surface area contributed by atoms with Gasteiger partial charge < -0.3 is 9.84 Å². The molecule has 1 aromatic carbocycles. The number of halogens is 3. The third-order valence-corrected chi connectivity index (χ3v) is 5.05. The summed E-state index contributed by atoms with van der Waals surface area (Å²) in [5.74, 6) is -2.07. The maximum Gasteiger partial charge on any atom is 0.452 e. The first-order chi connectivity index (χ1) is 12.3. The summed E-state index contributed by atoms with van der Waals surface area (Å²) in [6.45, 7) is 0. The highest BCUT2D eigenvalue weighted by molar-refractivity contribution is 7.99. The Bertz CT molecular complexity index is 836. The van der Waals surface area contributed by atoms with Crippen molar-refractivity contribution in [1.82, 2.24) is 14.8 Å². The van der Waals surface area contributed by atoms with E-state index in [1.54, 1.807) is 12.1 Å². The highest BCUT2D eigenvalue weighted by Crippen LogP contribution is 2.38. The first kappa shape index (κ1) is 18.6. The van der Waals surface area contributed by atoms with Crippen LogP contribution in [0.1, 0.15) is 29.8 Å². The van der Waals surface area contributed by atoms with Gasteiger partial charge in [0.2, 0.25) is 5.82 Å². The third kappa shape index (κ3) is 3.50. The number of rotatable bonds is 5.